The molecule has 1 N–H and O–H groups in total. The highest BCUT2D eigenvalue weighted by atomic mass is 32.2. The molecule has 28 heavy (non-hydrogen) atoms. The normalized spacial score (nSPS) is 11.6. The maximum Gasteiger partial charge on any atom is 0.231 e. The Hall–Kier alpha value is -2.68. The molecule has 0 saturated carbocycles. The van der Waals surface area contributed by atoms with Crippen molar-refractivity contribution in [3.8, 4) is 11.4 Å². The maximum atomic E-state index is 12.5. The Morgan fingerprint density at radius 3 is 2.64 bits per heavy atom. The Morgan fingerprint density at radius 1 is 1.25 bits per heavy atom. The van der Waals surface area contributed by atoms with E-state index in [0.29, 0.717) is 23.4 Å². The first-order valence-corrected chi connectivity index (χ1v) is 10.0. The molecule has 148 valence electrons. The van der Waals surface area contributed by atoms with E-state index in [4.69, 9.17) is 4.52 Å². The largest absolute Gasteiger partial charge is 0.343 e. The zero-order chi connectivity index (χ0) is 20.3. The molecule has 0 unspecified atom stereocenters. The van der Waals surface area contributed by atoms with Crippen LogP contribution in [0, 0.1) is 13.8 Å². The van der Waals surface area contributed by atoms with Gasteiger partial charge in [-0.2, -0.15) is 4.98 Å². The third kappa shape index (κ3) is 4.24. The van der Waals surface area contributed by atoms with Gasteiger partial charge in [-0.1, -0.05) is 41.2 Å². The van der Waals surface area contributed by atoms with Crippen LogP contribution in [0.4, 0.5) is 0 Å². The SMILES string of the molecule is CCn1c(SCC(=O)NC(C)(C)c2noc(C)n2)nnc1-c1ccccc1C. The van der Waals surface area contributed by atoms with Crippen molar-refractivity contribution in [1.82, 2.24) is 30.2 Å². The van der Waals surface area contributed by atoms with E-state index in [2.05, 4.69) is 25.7 Å². The molecule has 9 heteroatoms. The van der Waals surface area contributed by atoms with Crippen LogP contribution in [-0.4, -0.2) is 36.6 Å². The van der Waals surface area contributed by atoms with E-state index in [1.54, 1.807) is 6.92 Å². The van der Waals surface area contributed by atoms with Crippen molar-refractivity contribution in [1.29, 1.82) is 0 Å². The summed E-state index contributed by atoms with van der Waals surface area (Å²) in [6.45, 7) is 10.2. The molecule has 2 aromatic heterocycles. The minimum atomic E-state index is -0.722. The van der Waals surface area contributed by atoms with Gasteiger partial charge < -0.3 is 14.4 Å². The first-order chi connectivity index (χ1) is 13.3. The van der Waals surface area contributed by atoms with Gasteiger partial charge in [-0.3, -0.25) is 4.79 Å². The molecule has 0 atom stereocenters. The molecular formula is C19H24N6O2S. The van der Waals surface area contributed by atoms with Crippen LogP contribution in [0.25, 0.3) is 11.4 Å². The van der Waals surface area contributed by atoms with Crippen molar-refractivity contribution in [3.05, 3.63) is 41.5 Å². The molecule has 8 nitrogen and oxygen atoms in total. The van der Waals surface area contributed by atoms with Gasteiger partial charge in [0, 0.05) is 19.0 Å². The van der Waals surface area contributed by atoms with E-state index in [0.717, 1.165) is 17.0 Å². The number of thioether (sulfide) groups is 1. The fourth-order valence-electron chi connectivity index (χ4n) is 2.83. The molecule has 0 radical (unpaired) electrons. The number of carbonyl (C=O) groups excluding carboxylic acids is 1. The van der Waals surface area contributed by atoms with Gasteiger partial charge in [0.15, 0.2) is 16.8 Å². The summed E-state index contributed by atoms with van der Waals surface area (Å²) in [5, 5.41) is 16.2. The zero-order valence-corrected chi connectivity index (χ0v) is 17.5. The van der Waals surface area contributed by atoms with E-state index < -0.39 is 5.54 Å². The van der Waals surface area contributed by atoms with Crippen LogP contribution in [0.3, 0.4) is 0 Å². The Balaban J connectivity index is 1.69. The van der Waals surface area contributed by atoms with Crippen LogP contribution in [-0.2, 0) is 16.9 Å². The summed E-state index contributed by atoms with van der Waals surface area (Å²) in [6, 6.07) is 8.06. The smallest absolute Gasteiger partial charge is 0.231 e. The topological polar surface area (TPSA) is 98.7 Å². The van der Waals surface area contributed by atoms with Crippen LogP contribution >= 0.6 is 11.8 Å². The standard InChI is InChI=1S/C19H24N6O2S/c1-6-25-16(14-10-8-7-9-12(14)2)22-23-18(25)28-11-15(26)21-19(4,5)17-20-13(3)27-24-17/h7-10H,6,11H2,1-5H3,(H,21,26). The van der Waals surface area contributed by atoms with Crippen LogP contribution in [0.1, 0.15) is 38.0 Å². The zero-order valence-electron chi connectivity index (χ0n) is 16.7. The molecule has 2 heterocycles. The molecule has 0 spiro atoms. The molecule has 3 rings (SSSR count). The van der Waals surface area contributed by atoms with Crippen molar-refractivity contribution in [3.63, 3.8) is 0 Å². The summed E-state index contributed by atoms with van der Waals surface area (Å²) in [5.74, 6) is 1.80. The van der Waals surface area contributed by atoms with Gasteiger partial charge in [-0.15, -0.1) is 10.2 Å². The number of amides is 1. The Bertz CT molecular complexity index is 978. The summed E-state index contributed by atoms with van der Waals surface area (Å²) in [7, 11) is 0. The van der Waals surface area contributed by atoms with Crippen molar-refractivity contribution in [2.75, 3.05) is 5.75 Å². The van der Waals surface area contributed by atoms with Gasteiger partial charge in [0.05, 0.1) is 11.3 Å². The minimum absolute atomic E-state index is 0.138. The van der Waals surface area contributed by atoms with E-state index in [9.17, 15) is 4.79 Å². The van der Waals surface area contributed by atoms with Crippen LogP contribution < -0.4 is 5.32 Å². The maximum absolute atomic E-state index is 12.5. The summed E-state index contributed by atoms with van der Waals surface area (Å²) in [5.41, 5.74) is 1.46. The predicted octanol–water partition coefficient (Wildman–Crippen LogP) is 3.11. The van der Waals surface area contributed by atoms with Crippen LogP contribution in [0.2, 0.25) is 0 Å². The van der Waals surface area contributed by atoms with Crippen molar-refractivity contribution in [2.24, 2.45) is 0 Å². The number of carbonyl (C=O) groups is 1. The molecule has 0 saturated heterocycles. The number of hydrogen-bond acceptors (Lipinski definition) is 7. The molecule has 0 fully saturated rings. The van der Waals surface area contributed by atoms with Gasteiger partial charge in [0.1, 0.15) is 0 Å². The number of aryl methyl sites for hydroxylation is 2. The molecule has 0 aliphatic carbocycles. The minimum Gasteiger partial charge on any atom is -0.343 e. The Morgan fingerprint density at radius 2 is 2.00 bits per heavy atom. The second-order valence-electron chi connectivity index (χ2n) is 6.96. The molecular weight excluding hydrogens is 376 g/mol. The monoisotopic (exact) mass is 400 g/mol. The van der Waals surface area contributed by atoms with Crippen molar-refractivity contribution < 1.29 is 9.32 Å². The first kappa shape index (κ1) is 20.1. The summed E-state index contributed by atoms with van der Waals surface area (Å²) < 4.78 is 7.03. The number of rotatable bonds is 7. The number of hydrogen-bond donors (Lipinski definition) is 1. The second kappa shape index (κ2) is 8.14. The van der Waals surface area contributed by atoms with Gasteiger partial charge in [0.25, 0.3) is 0 Å². The molecule has 1 amide bonds. The average molecular weight is 401 g/mol. The number of nitrogens with one attached hydrogen (secondary N) is 1. The van der Waals surface area contributed by atoms with Crippen LogP contribution in [0.15, 0.2) is 33.9 Å². The third-order valence-electron chi connectivity index (χ3n) is 4.29. The van der Waals surface area contributed by atoms with Gasteiger partial charge in [-0.25, -0.2) is 0 Å². The van der Waals surface area contributed by atoms with Gasteiger partial charge in [0.2, 0.25) is 11.8 Å². The van der Waals surface area contributed by atoms with E-state index in [1.165, 1.54) is 11.8 Å². The predicted molar refractivity (Wildman–Crippen MR) is 107 cm³/mol. The molecule has 1 aromatic carbocycles. The van der Waals surface area contributed by atoms with E-state index in [1.807, 2.05) is 56.5 Å². The average Bonchev–Trinajstić information content (AvgIpc) is 3.26. The van der Waals surface area contributed by atoms with Crippen LogP contribution in [0.5, 0.6) is 0 Å². The number of aromatic nitrogens is 5. The fourth-order valence-corrected chi connectivity index (χ4v) is 3.63. The van der Waals surface area contributed by atoms with Gasteiger partial charge >= 0.3 is 0 Å². The molecule has 0 aliphatic heterocycles. The molecule has 0 bridgehead atoms. The highest BCUT2D eigenvalue weighted by molar-refractivity contribution is 7.99. The second-order valence-corrected chi connectivity index (χ2v) is 7.91. The lowest BCUT2D eigenvalue weighted by Crippen LogP contribution is -2.42. The third-order valence-corrected chi connectivity index (χ3v) is 5.26. The lowest BCUT2D eigenvalue weighted by atomic mass is 10.1. The highest BCUT2D eigenvalue weighted by Crippen LogP contribution is 2.26. The Kier molecular flexibility index (Phi) is 5.83. The lowest BCUT2D eigenvalue weighted by molar-refractivity contribution is -0.120. The number of benzene rings is 1. The molecule has 0 aliphatic rings. The van der Waals surface area contributed by atoms with E-state index >= 15 is 0 Å². The highest BCUT2D eigenvalue weighted by Gasteiger charge is 2.28. The Labute approximate surface area is 168 Å². The molecule has 3 aromatic rings. The van der Waals surface area contributed by atoms with Gasteiger partial charge in [-0.05, 0) is 33.3 Å². The first-order valence-electron chi connectivity index (χ1n) is 9.05. The summed E-state index contributed by atoms with van der Waals surface area (Å²) in [4.78, 5) is 16.7. The van der Waals surface area contributed by atoms with Crippen molar-refractivity contribution >= 4 is 17.7 Å². The van der Waals surface area contributed by atoms with Crippen molar-refractivity contribution in [2.45, 2.75) is 51.9 Å². The fraction of sp³-hybridized carbons (Fsp3) is 0.421. The summed E-state index contributed by atoms with van der Waals surface area (Å²) >= 11 is 1.36. The summed E-state index contributed by atoms with van der Waals surface area (Å²) in [6.07, 6.45) is 0. The number of nitrogens with zero attached hydrogens (tertiary/aromatic N) is 5. The lowest BCUT2D eigenvalue weighted by Gasteiger charge is -2.22. The quantitative estimate of drug-likeness (QED) is 0.608. The van der Waals surface area contributed by atoms with E-state index in [-0.39, 0.29) is 11.7 Å².